The zero-order valence-electron chi connectivity index (χ0n) is 8.80. The van der Waals surface area contributed by atoms with Gasteiger partial charge >= 0.3 is 0 Å². The lowest BCUT2D eigenvalue weighted by atomic mass is 10.2. The van der Waals surface area contributed by atoms with Gasteiger partial charge in [0, 0.05) is 13.2 Å². The van der Waals surface area contributed by atoms with Gasteiger partial charge in [0.1, 0.15) is 5.82 Å². The summed E-state index contributed by atoms with van der Waals surface area (Å²) in [5.41, 5.74) is 1.58. The maximum absolute atomic E-state index is 13.3. The van der Waals surface area contributed by atoms with Crippen LogP contribution in [0.2, 0.25) is 0 Å². The molecular formula is C11H16FNO. The normalized spacial score (nSPS) is 12.6. The second-order valence-electron chi connectivity index (χ2n) is 3.48. The van der Waals surface area contributed by atoms with Gasteiger partial charge in [0.05, 0.1) is 12.3 Å². The summed E-state index contributed by atoms with van der Waals surface area (Å²) in [6.07, 6.45) is 0. The molecule has 0 spiro atoms. The minimum atomic E-state index is -0.224. The lowest BCUT2D eigenvalue weighted by Crippen LogP contribution is -2.21. The molecule has 0 heterocycles. The Bertz CT molecular complexity index is 301. The number of hydrogen-bond donors (Lipinski definition) is 1. The van der Waals surface area contributed by atoms with Gasteiger partial charge in [-0.15, -0.1) is 0 Å². The van der Waals surface area contributed by atoms with Crippen molar-refractivity contribution >= 4 is 5.69 Å². The zero-order chi connectivity index (χ0) is 10.6. The van der Waals surface area contributed by atoms with Crippen LogP contribution in [0.15, 0.2) is 18.2 Å². The molecule has 0 aromatic heterocycles. The second-order valence-corrected chi connectivity index (χ2v) is 3.48. The van der Waals surface area contributed by atoms with Gasteiger partial charge in [-0.2, -0.15) is 0 Å². The monoisotopic (exact) mass is 197 g/mol. The van der Waals surface area contributed by atoms with Crippen molar-refractivity contribution in [3.8, 4) is 0 Å². The van der Waals surface area contributed by atoms with E-state index in [0.29, 0.717) is 12.3 Å². The van der Waals surface area contributed by atoms with Crippen molar-refractivity contribution in [2.75, 3.05) is 19.0 Å². The largest absolute Gasteiger partial charge is 0.383 e. The summed E-state index contributed by atoms with van der Waals surface area (Å²) in [4.78, 5) is 0. The molecule has 0 aliphatic heterocycles. The summed E-state index contributed by atoms with van der Waals surface area (Å²) >= 11 is 0. The van der Waals surface area contributed by atoms with Gasteiger partial charge in [-0.05, 0) is 31.5 Å². The Morgan fingerprint density at radius 2 is 2.21 bits per heavy atom. The fraction of sp³-hybridized carbons (Fsp3) is 0.455. The van der Waals surface area contributed by atoms with Crippen molar-refractivity contribution < 1.29 is 9.13 Å². The molecule has 0 radical (unpaired) electrons. The Kier molecular flexibility index (Phi) is 3.89. The SMILES string of the molecule is COC[C@@H](C)Nc1cc(C)ccc1F. The number of rotatable bonds is 4. The van der Waals surface area contributed by atoms with E-state index in [1.165, 1.54) is 6.07 Å². The van der Waals surface area contributed by atoms with E-state index in [1.54, 1.807) is 19.2 Å². The summed E-state index contributed by atoms with van der Waals surface area (Å²) in [6, 6.07) is 5.12. The molecule has 1 atom stereocenters. The van der Waals surface area contributed by atoms with E-state index in [-0.39, 0.29) is 11.9 Å². The van der Waals surface area contributed by atoms with Gasteiger partial charge in [-0.25, -0.2) is 4.39 Å². The molecule has 0 amide bonds. The highest BCUT2D eigenvalue weighted by atomic mass is 19.1. The lowest BCUT2D eigenvalue weighted by molar-refractivity contribution is 0.190. The summed E-state index contributed by atoms with van der Waals surface area (Å²) in [5, 5.41) is 3.05. The van der Waals surface area contributed by atoms with Gasteiger partial charge in [0.2, 0.25) is 0 Å². The Morgan fingerprint density at radius 3 is 2.86 bits per heavy atom. The summed E-state index contributed by atoms with van der Waals surface area (Å²) < 4.78 is 18.2. The quantitative estimate of drug-likeness (QED) is 0.801. The molecule has 0 saturated carbocycles. The number of anilines is 1. The third-order valence-electron chi connectivity index (χ3n) is 1.94. The number of hydrogen-bond acceptors (Lipinski definition) is 2. The van der Waals surface area contributed by atoms with Gasteiger partial charge in [0.15, 0.2) is 0 Å². The highest BCUT2D eigenvalue weighted by Gasteiger charge is 2.05. The van der Waals surface area contributed by atoms with Crippen LogP contribution < -0.4 is 5.32 Å². The van der Waals surface area contributed by atoms with Gasteiger partial charge < -0.3 is 10.1 Å². The third-order valence-corrected chi connectivity index (χ3v) is 1.94. The third kappa shape index (κ3) is 3.00. The molecule has 1 N–H and O–H groups in total. The first kappa shape index (κ1) is 11.0. The summed E-state index contributed by atoms with van der Waals surface area (Å²) in [7, 11) is 1.63. The highest BCUT2D eigenvalue weighted by Crippen LogP contribution is 2.16. The molecule has 0 unspecified atom stereocenters. The number of methoxy groups -OCH3 is 1. The predicted octanol–water partition coefficient (Wildman–Crippen LogP) is 2.58. The van der Waals surface area contributed by atoms with Crippen molar-refractivity contribution in [1.82, 2.24) is 0 Å². The molecule has 3 heteroatoms. The Hall–Kier alpha value is -1.09. The van der Waals surface area contributed by atoms with E-state index >= 15 is 0 Å². The van der Waals surface area contributed by atoms with Crippen molar-refractivity contribution in [3.05, 3.63) is 29.6 Å². The van der Waals surface area contributed by atoms with Crippen molar-refractivity contribution in [2.24, 2.45) is 0 Å². The molecule has 0 bridgehead atoms. The Labute approximate surface area is 84.1 Å². The molecule has 0 fully saturated rings. The Morgan fingerprint density at radius 1 is 1.50 bits per heavy atom. The second kappa shape index (κ2) is 4.96. The van der Waals surface area contributed by atoms with Crippen LogP contribution in [0.25, 0.3) is 0 Å². The fourth-order valence-corrected chi connectivity index (χ4v) is 1.31. The topological polar surface area (TPSA) is 21.3 Å². The molecule has 1 aromatic carbocycles. The molecule has 0 aliphatic rings. The minimum Gasteiger partial charge on any atom is -0.383 e. The average molecular weight is 197 g/mol. The zero-order valence-corrected chi connectivity index (χ0v) is 8.80. The van der Waals surface area contributed by atoms with Gasteiger partial charge in [-0.3, -0.25) is 0 Å². The van der Waals surface area contributed by atoms with Crippen LogP contribution >= 0.6 is 0 Å². The van der Waals surface area contributed by atoms with E-state index in [2.05, 4.69) is 5.32 Å². The minimum absolute atomic E-state index is 0.108. The van der Waals surface area contributed by atoms with Crippen LogP contribution in [0, 0.1) is 12.7 Å². The predicted molar refractivity (Wildman–Crippen MR) is 56.1 cm³/mol. The molecule has 2 nitrogen and oxygen atoms in total. The first-order chi connectivity index (χ1) is 6.63. The maximum Gasteiger partial charge on any atom is 0.146 e. The average Bonchev–Trinajstić information content (AvgIpc) is 2.12. The van der Waals surface area contributed by atoms with Crippen LogP contribution in [-0.4, -0.2) is 19.8 Å². The van der Waals surface area contributed by atoms with Crippen molar-refractivity contribution in [3.63, 3.8) is 0 Å². The van der Waals surface area contributed by atoms with Crippen LogP contribution in [0.5, 0.6) is 0 Å². The van der Waals surface area contributed by atoms with E-state index in [4.69, 9.17) is 4.74 Å². The first-order valence-electron chi connectivity index (χ1n) is 4.65. The van der Waals surface area contributed by atoms with Gasteiger partial charge in [0.25, 0.3) is 0 Å². The van der Waals surface area contributed by atoms with Crippen LogP contribution in [-0.2, 0) is 4.74 Å². The number of halogens is 1. The standard InChI is InChI=1S/C11H16FNO/c1-8-4-5-10(12)11(6-8)13-9(2)7-14-3/h4-6,9,13H,7H2,1-3H3/t9-/m1/s1. The number of nitrogens with one attached hydrogen (secondary N) is 1. The molecule has 1 rings (SSSR count). The molecule has 0 saturated heterocycles. The molecule has 14 heavy (non-hydrogen) atoms. The van der Waals surface area contributed by atoms with Crippen LogP contribution in [0.3, 0.4) is 0 Å². The number of benzene rings is 1. The first-order valence-corrected chi connectivity index (χ1v) is 4.65. The lowest BCUT2D eigenvalue weighted by Gasteiger charge is -2.15. The highest BCUT2D eigenvalue weighted by molar-refractivity contribution is 5.47. The Balaban J connectivity index is 2.70. The van der Waals surface area contributed by atoms with E-state index < -0.39 is 0 Å². The molecule has 1 aromatic rings. The number of ether oxygens (including phenoxy) is 1. The summed E-state index contributed by atoms with van der Waals surface area (Å²) in [6.45, 7) is 4.45. The molecule has 78 valence electrons. The van der Waals surface area contributed by atoms with Crippen LogP contribution in [0.1, 0.15) is 12.5 Å². The maximum atomic E-state index is 13.3. The number of aryl methyl sites for hydroxylation is 1. The smallest absolute Gasteiger partial charge is 0.146 e. The summed E-state index contributed by atoms with van der Waals surface area (Å²) in [5.74, 6) is -0.224. The van der Waals surface area contributed by atoms with Gasteiger partial charge in [-0.1, -0.05) is 6.07 Å². The van der Waals surface area contributed by atoms with Crippen molar-refractivity contribution in [2.45, 2.75) is 19.9 Å². The fourth-order valence-electron chi connectivity index (χ4n) is 1.31. The van der Waals surface area contributed by atoms with Crippen LogP contribution in [0.4, 0.5) is 10.1 Å². The molecular weight excluding hydrogens is 181 g/mol. The van der Waals surface area contributed by atoms with E-state index in [9.17, 15) is 4.39 Å². The van der Waals surface area contributed by atoms with E-state index in [0.717, 1.165) is 5.56 Å². The molecule has 0 aliphatic carbocycles. The van der Waals surface area contributed by atoms with E-state index in [1.807, 2.05) is 13.8 Å². The van der Waals surface area contributed by atoms with Crippen molar-refractivity contribution in [1.29, 1.82) is 0 Å².